The minimum absolute atomic E-state index is 0.0307. The molecule has 0 radical (unpaired) electrons. The molecule has 1 amide bonds. The van der Waals surface area contributed by atoms with Crippen molar-refractivity contribution in [3.8, 4) is 11.3 Å². The molecular formula is C18H21N3O2. The molecule has 1 saturated carbocycles. The van der Waals surface area contributed by atoms with E-state index in [0.29, 0.717) is 17.2 Å². The van der Waals surface area contributed by atoms with Gasteiger partial charge in [-0.1, -0.05) is 25.0 Å². The van der Waals surface area contributed by atoms with Gasteiger partial charge in [0.15, 0.2) is 0 Å². The van der Waals surface area contributed by atoms with E-state index < -0.39 is 0 Å². The van der Waals surface area contributed by atoms with Gasteiger partial charge in [0, 0.05) is 30.8 Å². The van der Waals surface area contributed by atoms with Crippen molar-refractivity contribution in [2.45, 2.75) is 25.7 Å². The van der Waals surface area contributed by atoms with Crippen molar-refractivity contribution >= 4 is 5.91 Å². The van der Waals surface area contributed by atoms with Crippen LogP contribution in [0.3, 0.4) is 0 Å². The Kier molecular flexibility index (Phi) is 4.55. The third-order valence-corrected chi connectivity index (χ3v) is 4.43. The second-order valence-electron chi connectivity index (χ2n) is 6.12. The molecule has 1 heterocycles. The maximum absolute atomic E-state index is 12.2. The first-order valence-corrected chi connectivity index (χ1v) is 8.06. The topological polar surface area (TPSA) is 64.0 Å². The standard InChI is InChI=1S/C18H21N3O2/c1-21-17(22)11-10-16(20-21)14-6-8-15(9-7-14)18(23)19-12-13-4-2-3-5-13/h6-11,13H,2-5,12H2,1H3,(H,19,23). The first kappa shape index (κ1) is 15.5. The number of amides is 1. The minimum Gasteiger partial charge on any atom is -0.352 e. The highest BCUT2D eigenvalue weighted by atomic mass is 16.1. The number of benzene rings is 1. The van der Waals surface area contributed by atoms with Crippen LogP contribution in [0.1, 0.15) is 36.0 Å². The van der Waals surface area contributed by atoms with Crippen LogP contribution in [0.5, 0.6) is 0 Å². The predicted octanol–water partition coefficient (Wildman–Crippen LogP) is 2.37. The van der Waals surface area contributed by atoms with Crippen molar-refractivity contribution in [1.29, 1.82) is 0 Å². The molecule has 5 nitrogen and oxygen atoms in total. The highest BCUT2D eigenvalue weighted by Gasteiger charge is 2.16. The van der Waals surface area contributed by atoms with Crippen LogP contribution in [0.25, 0.3) is 11.3 Å². The lowest BCUT2D eigenvalue weighted by molar-refractivity contribution is 0.0947. The molecule has 2 aromatic rings. The number of rotatable bonds is 4. The third-order valence-electron chi connectivity index (χ3n) is 4.43. The summed E-state index contributed by atoms with van der Waals surface area (Å²) in [5.74, 6) is 0.602. The molecular weight excluding hydrogens is 290 g/mol. The zero-order chi connectivity index (χ0) is 16.2. The van der Waals surface area contributed by atoms with Crippen LogP contribution in [0.15, 0.2) is 41.2 Å². The summed E-state index contributed by atoms with van der Waals surface area (Å²) in [6.07, 6.45) is 5.00. The fraction of sp³-hybridized carbons (Fsp3) is 0.389. The average molecular weight is 311 g/mol. The van der Waals surface area contributed by atoms with E-state index in [-0.39, 0.29) is 11.5 Å². The first-order valence-electron chi connectivity index (χ1n) is 8.06. The molecule has 0 saturated heterocycles. The normalized spacial score (nSPS) is 14.8. The molecule has 1 aromatic carbocycles. The first-order chi connectivity index (χ1) is 11.1. The van der Waals surface area contributed by atoms with E-state index in [1.807, 2.05) is 12.1 Å². The molecule has 120 valence electrons. The van der Waals surface area contributed by atoms with Crippen LogP contribution >= 0.6 is 0 Å². The number of aryl methyl sites for hydroxylation is 1. The van der Waals surface area contributed by atoms with Gasteiger partial charge in [0.1, 0.15) is 0 Å². The van der Waals surface area contributed by atoms with Gasteiger partial charge in [-0.05, 0) is 37.0 Å². The largest absolute Gasteiger partial charge is 0.352 e. The van der Waals surface area contributed by atoms with Gasteiger partial charge in [0.05, 0.1) is 5.69 Å². The zero-order valence-electron chi connectivity index (χ0n) is 13.3. The van der Waals surface area contributed by atoms with E-state index in [0.717, 1.165) is 12.1 Å². The SMILES string of the molecule is Cn1nc(-c2ccc(C(=O)NCC3CCCC3)cc2)ccc1=O. The Balaban J connectivity index is 1.67. The number of carbonyl (C=O) groups is 1. The van der Waals surface area contributed by atoms with E-state index in [9.17, 15) is 9.59 Å². The summed E-state index contributed by atoms with van der Waals surface area (Å²) in [5.41, 5.74) is 2.10. The van der Waals surface area contributed by atoms with Gasteiger partial charge in [-0.15, -0.1) is 0 Å². The Morgan fingerprint density at radius 1 is 1.17 bits per heavy atom. The third kappa shape index (κ3) is 3.67. The van der Waals surface area contributed by atoms with Gasteiger partial charge in [-0.3, -0.25) is 9.59 Å². The van der Waals surface area contributed by atoms with Gasteiger partial charge >= 0.3 is 0 Å². The molecule has 1 aliphatic rings. The Hall–Kier alpha value is -2.43. The highest BCUT2D eigenvalue weighted by molar-refractivity contribution is 5.94. The van der Waals surface area contributed by atoms with Crippen molar-refractivity contribution in [2.24, 2.45) is 13.0 Å². The fourth-order valence-electron chi connectivity index (χ4n) is 3.00. The van der Waals surface area contributed by atoms with E-state index in [2.05, 4.69) is 10.4 Å². The maximum Gasteiger partial charge on any atom is 0.266 e. The van der Waals surface area contributed by atoms with Crippen molar-refractivity contribution in [2.75, 3.05) is 6.54 Å². The molecule has 1 aliphatic carbocycles. The molecule has 0 atom stereocenters. The Labute approximate surface area is 135 Å². The second kappa shape index (κ2) is 6.77. The minimum atomic E-state index is -0.142. The van der Waals surface area contributed by atoms with Crippen LogP contribution in [0.4, 0.5) is 0 Å². The van der Waals surface area contributed by atoms with Gasteiger partial charge < -0.3 is 5.32 Å². The Morgan fingerprint density at radius 2 is 1.87 bits per heavy atom. The van der Waals surface area contributed by atoms with Crippen LogP contribution in [-0.2, 0) is 7.05 Å². The summed E-state index contributed by atoms with van der Waals surface area (Å²) < 4.78 is 1.30. The second-order valence-corrected chi connectivity index (χ2v) is 6.12. The lowest BCUT2D eigenvalue weighted by Gasteiger charge is -2.11. The van der Waals surface area contributed by atoms with Crippen LogP contribution in [0, 0.1) is 5.92 Å². The number of carbonyl (C=O) groups excluding carboxylic acids is 1. The molecule has 0 spiro atoms. The number of nitrogens with zero attached hydrogens (tertiary/aromatic N) is 2. The lowest BCUT2D eigenvalue weighted by Crippen LogP contribution is -2.28. The van der Waals surface area contributed by atoms with E-state index >= 15 is 0 Å². The fourth-order valence-corrected chi connectivity index (χ4v) is 3.00. The summed E-state index contributed by atoms with van der Waals surface area (Å²) >= 11 is 0. The number of nitrogens with one attached hydrogen (secondary N) is 1. The van der Waals surface area contributed by atoms with Gasteiger partial charge in [-0.25, -0.2) is 4.68 Å². The van der Waals surface area contributed by atoms with Crippen molar-refractivity contribution in [3.63, 3.8) is 0 Å². The zero-order valence-corrected chi connectivity index (χ0v) is 13.3. The monoisotopic (exact) mass is 311 g/mol. The van der Waals surface area contributed by atoms with Crippen molar-refractivity contribution in [3.05, 3.63) is 52.3 Å². The Bertz CT molecular complexity index is 744. The van der Waals surface area contributed by atoms with Crippen LogP contribution in [0.2, 0.25) is 0 Å². The summed E-state index contributed by atoms with van der Waals surface area (Å²) in [6, 6.07) is 10.5. The molecule has 0 aliphatic heterocycles. The quantitative estimate of drug-likeness (QED) is 0.943. The summed E-state index contributed by atoms with van der Waals surface area (Å²) in [6.45, 7) is 0.767. The molecule has 23 heavy (non-hydrogen) atoms. The van der Waals surface area contributed by atoms with Crippen LogP contribution < -0.4 is 10.9 Å². The highest BCUT2D eigenvalue weighted by Crippen LogP contribution is 2.23. The number of hydrogen-bond acceptors (Lipinski definition) is 3. The molecule has 0 bridgehead atoms. The van der Waals surface area contributed by atoms with E-state index in [4.69, 9.17) is 0 Å². The Morgan fingerprint density at radius 3 is 2.52 bits per heavy atom. The molecule has 1 N–H and O–H groups in total. The molecule has 5 heteroatoms. The average Bonchev–Trinajstić information content (AvgIpc) is 3.09. The maximum atomic E-state index is 12.2. The van der Waals surface area contributed by atoms with E-state index in [1.54, 1.807) is 25.2 Å². The summed E-state index contributed by atoms with van der Waals surface area (Å²) in [5, 5.41) is 7.23. The smallest absolute Gasteiger partial charge is 0.266 e. The molecule has 1 fully saturated rings. The molecule has 0 unspecified atom stereocenters. The van der Waals surface area contributed by atoms with Gasteiger partial charge in [0.2, 0.25) is 0 Å². The molecule has 3 rings (SSSR count). The van der Waals surface area contributed by atoms with Crippen LogP contribution in [-0.4, -0.2) is 22.2 Å². The molecule has 1 aromatic heterocycles. The summed E-state index contributed by atoms with van der Waals surface area (Å²) in [4.78, 5) is 23.6. The van der Waals surface area contributed by atoms with E-state index in [1.165, 1.54) is 36.4 Å². The predicted molar refractivity (Wildman–Crippen MR) is 89.2 cm³/mol. The van der Waals surface area contributed by atoms with Crippen molar-refractivity contribution in [1.82, 2.24) is 15.1 Å². The number of aromatic nitrogens is 2. The lowest BCUT2D eigenvalue weighted by atomic mass is 10.1. The summed E-state index contributed by atoms with van der Waals surface area (Å²) in [7, 11) is 1.62. The van der Waals surface area contributed by atoms with Gasteiger partial charge in [0.25, 0.3) is 11.5 Å². The van der Waals surface area contributed by atoms with Gasteiger partial charge in [-0.2, -0.15) is 5.10 Å². The van der Waals surface area contributed by atoms with Crippen molar-refractivity contribution < 1.29 is 4.79 Å². The number of hydrogen-bond donors (Lipinski definition) is 1.